The van der Waals surface area contributed by atoms with Gasteiger partial charge in [0.1, 0.15) is 0 Å². The van der Waals surface area contributed by atoms with Crippen molar-refractivity contribution in [2.75, 3.05) is 11.5 Å². The van der Waals surface area contributed by atoms with Gasteiger partial charge in [-0.1, -0.05) is 42.5 Å². The van der Waals surface area contributed by atoms with Crippen LogP contribution in [0, 0.1) is 0 Å². The van der Waals surface area contributed by atoms with E-state index in [1.807, 2.05) is 11.4 Å². The predicted molar refractivity (Wildman–Crippen MR) is 94.9 cm³/mol. The second kappa shape index (κ2) is 5.73. The molecule has 0 N–H and O–H groups in total. The predicted octanol–water partition coefficient (Wildman–Crippen LogP) is 3.79. The zero-order valence-corrected chi connectivity index (χ0v) is 14.2. The van der Waals surface area contributed by atoms with Crippen LogP contribution in [-0.2, 0) is 16.3 Å². The lowest BCUT2D eigenvalue weighted by Gasteiger charge is -2.05. The molecule has 0 radical (unpaired) electrons. The van der Waals surface area contributed by atoms with Crippen LogP contribution in [0.1, 0.15) is 28.6 Å². The normalized spacial score (nSPS) is 20.1. The molecule has 5 heteroatoms. The number of thiazole rings is 1. The summed E-state index contributed by atoms with van der Waals surface area (Å²) in [6.07, 6.45) is 1.51. The van der Waals surface area contributed by atoms with Crippen LogP contribution in [0.15, 0.2) is 47.8 Å². The molecule has 0 saturated carbocycles. The largest absolute Gasteiger partial charge is 0.246 e. The van der Waals surface area contributed by atoms with Crippen molar-refractivity contribution in [1.29, 1.82) is 0 Å². The summed E-state index contributed by atoms with van der Waals surface area (Å²) in [5, 5.41) is 5.59. The Labute approximate surface area is 139 Å². The van der Waals surface area contributed by atoms with E-state index in [4.69, 9.17) is 4.98 Å². The van der Waals surface area contributed by atoms with Gasteiger partial charge in [-0.2, -0.15) is 0 Å². The van der Waals surface area contributed by atoms with Crippen molar-refractivity contribution in [1.82, 2.24) is 4.98 Å². The highest BCUT2D eigenvalue weighted by atomic mass is 32.2. The van der Waals surface area contributed by atoms with Crippen molar-refractivity contribution >= 4 is 31.9 Å². The zero-order valence-electron chi connectivity index (χ0n) is 12.6. The number of aromatic nitrogens is 1. The molecule has 118 valence electrons. The van der Waals surface area contributed by atoms with E-state index in [0.29, 0.717) is 12.2 Å². The van der Waals surface area contributed by atoms with Gasteiger partial charge in [0.2, 0.25) is 0 Å². The van der Waals surface area contributed by atoms with Crippen LogP contribution in [-0.4, -0.2) is 24.9 Å². The summed E-state index contributed by atoms with van der Waals surface area (Å²) >= 11 is 1.63. The van der Waals surface area contributed by atoms with Crippen LogP contribution in [0.5, 0.6) is 0 Å². The van der Waals surface area contributed by atoms with Crippen molar-refractivity contribution in [3.63, 3.8) is 0 Å². The number of fused-ring (bicyclic) bond motifs is 1. The summed E-state index contributed by atoms with van der Waals surface area (Å²) in [6.45, 7) is 0. The molecule has 1 fully saturated rings. The third kappa shape index (κ3) is 3.03. The maximum atomic E-state index is 11.6. The lowest BCUT2D eigenvalue weighted by molar-refractivity contribution is 0.601. The fourth-order valence-corrected chi connectivity index (χ4v) is 5.89. The van der Waals surface area contributed by atoms with Gasteiger partial charge in [-0.15, -0.1) is 11.3 Å². The van der Waals surface area contributed by atoms with Gasteiger partial charge in [-0.3, -0.25) is 0 Å². The summed E-state index contributed by atoms with van der Waals surface area (Å²) in [7, 11) is -2.86. The quantitative estimate of drug-likeness (QED) is 0.727. The summed E-state index contributed by atoms with van der Waals surface area (Å²) in [6, 6.07) is 14.7. The second-order valence-electron chi connectivity index (χ2n) is 6.08. The minimum atomic E-state index is -2.86. The number of nitrogens with zero attached hydrogens (tertiary/aromatic N) is 1. The van der Waals surface area contributed by atoms with Crippen LogP contribution in [0.2, 0.25) is 0 Å². The van der Waals surface area contributed by atoms with E-state index < -0.39 is 9.84 Å². The van der Waals surface area contributed by atoms with Gasteiger partial charge in [0, 0.05) is 17.7 Å². The summed E-state index contributed by atoms with van der Waals surface area (Å²) in [5.41, 5.74) is 2.22. The van der Waals surface area contributed by atoms with E-state index in [1.165, 1.54) is 16.3 Å². The van der Waals surface area contributed by atoms with Crippen LogP contribution in [0.3, 0.4) is 0 Å². The molecule has 3 aromatic rings. The highest BCUT2D eigenvalue weighted by Crippen LogP contribution is 2.30. The van der Waals surface area contributed by atoms with Gasteiger partial charge in [-0.05, 0) is 22.8 Å². The monoisotopic (exact) mass is 343 g/mol. The molecule has 23 heavy (non-hydrogen) atoms. The molecule has 0 bridgehead atoms. The van der Waals surface area contributed by atoms with Crippen LogP contribution in [0.25, 0.3) is 10.8 Å². The Morgan fingerprint density at radius 3 is 2.78 bits per heavy atom. The maximum absolute atomic E-state index is 11.6. The molecule has 4 rings (SSSR count). The third-order valence-corrected chi connectivity index (χ3v) is 7.08. The van der Waals surface area contributed by atoms with Crippen molar-refractivity contribution in [3.8, 4) is 0 Å². The number of sulfone groups is 1. The van der Waals surface area contributed by atoms with E-state index in [-0.39, 0.29) is 11.7 Å². The summed E-state index contributed by atoms with van der Waals surface area (Å²) < 4.78 is 23.3. The molecule has 1 atom stereocenters. The van der Waals surface area contributed by atoms with E-state index in [9.17, 15) is 8.42 Å². The van der Waals surface area contributed by atoms with E-state index in [0.717, 1.165) is 17.1 Å². The average molecular weight is 343 g/mol. The Bertz CT molecular complexity index is 955. The summed E-state index contributed by atoms with van der Waals surface area (Å²) in [4.78, 5) is 4.71. The average Bonchev–Trinajstić information content (AvgIpc) is 3.14. The minimum Gasteiger partial charge on any atom is -0.246 e. The molecule has 0 spiro atoms. The Morgan fingerprint density at radius 2 is 1.96 bits per heavy atom. The van der Waals surface area contributed by atoms with Gasteiger partial charge in [0.25, 0.3) is 0 Å². The number of rotatable bonds is 3. The number of hydrogen-bond donors (Lipinski definition) is 0. The van der Waals surface area contributed by atoms with Crippen molar-refractivity contribution in [2.45, 2.75) is 18.8 Å². The lowest BCUT2D eigenvalue weighted by Crippen LogP contribution is -2.04. The zero-order chi connectivity index (χ0) is 15.9. The fourth-order valence-electron chi connectivity index (χ4n) is 3.23. The SMILES string of the molecule is O=S1(=O)CCC(c2csc(Cc3cccc4ccccc34)n2)C1. The first-order valence-electron chi connectivity index (χ1n) is 7.72. The summed E-state index contributed by atoms with van der Waals surface area (Å²) in [5.74, 6) is 0.635. The van der Waals surface area contributed by atoms with Crippen LogP contribution < -0.4 is 0 Å². The van der Waals surface area contributed by atoms with E-state index in [2.05, 4.69) is 36.4 Å². The topological polar surface area (TPSA) is 47.0 Å². The smallest absolute Gasteiger partial charge is 0.151 e. The number of hydrogen-bond acceptors (Lipinski definition) is 4. The first kappa shape index (κ1) is 14.8. The molecular formula is C18H17NO2S2. The Morgan fingerprint density at radius 1 is 1.13 bits per heavy atom. The van der Waals surface area contributed by atoms with E-state index >= 15 is 0 Å². The van der Waals surface area contributed by atoms with Gasteiger partial charge >= 0.3 is 0 Å². The Hall–Kier alpha value is -1.72. The molecule has 1 saturated heterocycles. The van der Waals surface area contributed by atoms with E-state index in [1.54, 1.807) is 11.3 Å². The molecule has 1 aliphatic rings. The Kier molecular flexibility index (Phi) is 3.70. The first-order valence-corrected chi connectivity index (χ1v) is 10.4. The molecule has 2 aromatic carbocycles. The maximum Gasteiger partial charge on any atom is 0.151 e. The van der Waals surface area contributed by atoms with Crippen LogP contribution >= 0.6 is 11.3 Å². The first-order chi connectivity index (χ1) is 11.1. The Balaban J connectivity index is 1.60. The highest BCUT2D eigenvalue weighted by Gasteiger charge is 2.30. The second-order valence-corrected chi connectivity index (χ2v) is 9.25. The van der Waals surface area contributed by atoms with Gasteiger partial charge in [0.05, 0.1) is 22.2 Å². The van der Waals surface area contributed by atoms with Gasteiger partial charge in [-0.25, -0.2) is 13.4 Å². The molecule has 1 aromatic heterocycles. The molecular weight excluding hydrogens is 326 g/mol. The van der Waals surface area contributed by atoms with Gasteiger partial charge in [0.15, 0.2) is 9.84 Å². The molecule has 1 unspecified atom stereocenters. The molecule has 0 aliphatic carbocycles. The lowest BCUT2D eigenvalue weighted by atomic mass is 10.0. The van der Waals surface area contributed by atoms with Crippen molar-refractivity contribution in [2.24, 2.45) is 0 Å². The molecule has 1 aliphatic heterocycles. The molecule has 2 heterocycles. The molecule has 3 nitrogen and oxygen atoms in total. The minimum absolute atomic E-state index is 0.0810. The third-order valence-electron chi connectivity index (χ3n) is 4.44. The standard InChI is InChI=1S/C18H17NO2S2/c20-23(21)9-8-15(12-23)17-11-22-18(19-17)10-14-6-3-5-13-4-1-2-7-16(13)14/h1-7,11,15H,8-10,12H2. The van der Waals surface area contributed by atoms with Crippen LogP contribution in [0.4, 0.5) is 0 Å². The van der Waals surface area contributed by atoms with Crippen molar-refractivity contribution < 1.29 is 8.42 Å². The molecule has 0 amide bonds. The highest BCUT2D eigenvalue weighted by molar-refractivity contribution is 7.91. The van der Waals surface area contributed by atoms with Gasteiger partial charge < -0.3 is 0 Å². The van der Waals surface area contributed by atoms with Crippen molar-refractivity contribution in [3.05, 3.63) is 64.1 Å². The number of benzene rings is 2. The fraction of sp³-hybridized carbons (Fsp3) is 0.278.